The van der Waals surface area contributed by atoms with E-state index in [2.05, 4.69) is 11.6 Å². The Morgan fingerprint density at radius 3 is 3.00 bits per heavy atom. The van der Waals surface area contributed by atoms with E-state index in [0.29, 0.717) is 5.69 Å². The van der Waals surface area contributed by atoms with Gasteiger partial charge in [-0.2, -0.15) is 0 Å². The average Bonchev–Trinajstić information content (AvgIpc) is 2.35. The lowest BCUT2D eigenvalue weighted by Gasteiger charge is -2.06. The van der Waals surface area contributed by atoms with E-state index in [1.807, 2.05) is 37.3 Å². The normalized spacial score (nSPS) is 10.2. The predicted octanol–water partition coefficient (Wildman–Crippen LogP) is 2.89. The van der Waals surface area contributed by atoms with Crippen LogP contribution >= 0.6 is 0 Å². The molecule has 0 bridgehead atoms. The topological polar surface area (TPSA) is 39.2 Å². The number of ether oxygens (including phenoxy) is 1. The Hall–Kier alpha value is -2.16. The number of hydrogen-bond acceptors (Lipinski definition) is 3. The van der Waals surface area contributed by atoms with Gasteiger partial charge in [-0.25, -0.2) is 9.78 Å². The SMILES string of the molecule is C=CCOC(=O)c1nc2ccccc2cc1C. The summed E-state index contributed by atoms with van der Waals surface area (Å²) in [6.07, 6.45) is 1.54. The van der Waals surface area contributed by atoms with Gasteiger partial charge in [0.15, 0.2) is 5.69 Å². The maximum Gasteiger partial charge on any atom is 0.357 e. The molecule has 3 nitrogen and oxygen atoms in total. The van der Waals surface area contributed by atoms with E-state index in [1.165, 1.54) is 6.08 Å². The fraction of sp³-hybridized carbons (Fsp3) is 0.143. The average molecular weight is 227 g/mol. The molecule has 0 unspecified atom stereocenters. The van der Waals surface area contributed by atoms with E-state index in [1.54, 1.807) is 0 Å². The van der Waals surface area contributed by atoms with Crippen LogP contribution in [0.1, 0.15) is 16.1 Å². The number of carbonyl (C=O) groups excluding carboxylic acids is 1. The summed E-state index contributed by atoms with van der Waals surface area (Å²) >= 11 is 0. The number of hydrogen-bond donors (Lipinski definition) is 0. The van der Waals surface area contributed by atoms with Gasteiger partial charge in [-0.3, -0.25) is 0 Å². The molecule has 2 aromatic rings. The minimum absolute atomic E-state index is 0.201. The Labute approximate surface area is 99.7 Å². The Morgan fingerprint density at radius 1 is 1.47 bits per heavy atom. The summed E-state index contributed by atoms with van der Waals surface area (Å²) in [6.45, 7) is 5.55. The zero-order valence-electron chi connectivity index (χ0n) is 9.64. The second kappa shape index (κ2) is 4.78. The minimum atomic E-state index is -0.409. The zero-order valence-corrected chi connectivity index (χ0v) is 9.64. The highest BCUT2D eigenvalue weighted by atomic mass is 16.5. The van der Waals surface area contributed by atoms with Crippen molar-refractivity contribution in [3.8, 4) is 0 Å². The van der Waals surface area contributed by atoms with Gasteiger partial charge in [-0.05, 0) is 24.6 Å². The summed E-state index contributed by atoms with van der Waals surface area (Å²) < 4.78 is 4.99. The Balaban J connectivity index is 2.43. The first-order chi connectivity index (χ1) is 8.22. The number of rotatable bonds is 3. The first-order valence-corrected chi connectivity index (χ1v) is 5.37. The lowest BCUT2D eigenvalue weighted by Crippen LogP contribution is -2.09. The molecule has 17 heavy (non-hydrogen) atoms. The first kappa shape index (κ1) is 11.3. The van der Waals surface area contributed by atoms with Crippen molar-refractivity contribution in [2.75, 3.05) is 6.61 Å². The number of fused-ring (bicyclic) bond motifs is 1. The number of para-hydroxylation sites is 1. The molecular weight excluding hydrogens is 214 g/mol. The second-order valence-corrected chi connectivity index (χ2v) is 3.73. The third kappa shape index (κ3) is 2.33. The van der Waals surface area contributed by atoms with Crippen LogP contribution in [0, 0.1) is 6.92 Å². The summed E-state index contributed by atoms with van der Waals surface area (Å²) in [5.41, 5.74) is 1.98. The molecule has 0 fully saturated rings. The quantitative estimate of drug-likeness (QED) is 0.598. The Bertz CT molecular complexity index is 575. The van der Waals surface area contributed by atoms with Crippen LogP contribution in [-0.2, 0) is 4.74 Å². The van der Waals surface area contributed by atoms with E-state index in [0.717, 1.165) is 16.5 Å². The van der Waals surface area contributed by atoms with E-state index >= 15 is 0 Å². The van der Waals surface area contributed by atoms with Gasteiger partial charge in [0.2, 0.25) is 0 Å². The summed E-state index contributed by atoms with van der Waals surface area (Å²) in [7, 11) is 0. The molecule has 0 atom stereocenters. The van der Waals surface area contributed by atoms with Gasteiger partial charge >= 0.3 is 5.97 Å². The standard InChI is InChI=1S/C14H13NO2/c1-3-8-17-14(16)13-10(2)9-11-6-4-5-7-12(11)15-13/h3-7,9H,1,8H2,2H3. The van der Waals surface area contributed by atoms with E-state index < -0.39 is 5.97 Å². The van der Waals surface area contributed by atoms with Crippen LogP contribution in [0.2, 0.25) is 0 Å². The summed E-state index contributed by atoms with van der Waals surface area (Å²) in [6, 6.07) is 9.61. The highest BCUT2D eigenvalue weighted by molar-refractivity contribution is 5.92. The third-order valence-electron chi connectivity index (χ3n) is 2.44. The van der Waals surface area contributed by atoms with Crippen molar-refractivity contribution < 1.29 is 9.53 Å². The van der Waals surface area contributed by atoms with Crippen molar-refractivity contribution in [2.24, 2.45) is 0 Å². The van der Waals surface area contributed by atoms with Gasteiger partial charge in [-0.15, -0.1) is 0 Å². The fourth-order valence-corrected chi connectivity index (χ4v) is 1.63. The number of carbonyl (C=O) groups is 1. The van der Waals surface area contributed by atoms with Gasteiger partial charge in [0, 0.05) is 5.39 Å². The lowest BCUT2D eigenvalue weighted by atomic mass is 10.1. The molecule has 1 aromatic carbocycles. The molecule has 0 aliphatic rings. The summed E-state index contributed by atoms with van der Waals surface area (Å²) in [5.74, 6) is -0.409. The monoisotopic (exact) mass is 227 g/mol. The number of pyridine rings is 1. The van der Waals surface area contributed by atoms with Crippen molar-refractivity contribution in [1.29, 1.82) is 0 Å². The highest BCUT2D eigenvalue weighted by Gasteiger charge is 2.12. The molecule has 86 valence electrons. The van der Waals surface area contributed by atoms with Crippen molar-refractivity contribution in [1.82, 2.24) is 4.98 Å². The van der Waals surface area contributed by atoms with Crippen LogP contribution in [0.4, 0.5) is 0 Å². The molecule has 2 rings (SSSR count). The smallest absolute Gasteiger partial charge is 0.357 e. The maximum atomic E-state index is 11.7. The molecule has 3 heteroatoms. The summed E-state index contributed by atoms with van der Waals surface area (Å²) in [5, 5.41) is 1.02. The van der Waals surface area contributed by atoms with E-state index in [-0.39, 0.29) is 6.61 Å². The second-order valence-electron chi connectivity index (χ2n) is 3.73. The number of nitrogens with zero attached hydrogens (tertiary/aromatic N) is 1. The zero-order chi connectivity index (χ0) is 12.3. The highest BCUT2D eigenvalue weighted by Crippen LogP contribution is 2.16. The van der Waals surface area contributed by atoms with Gasteiger partial charge < -0.3 is 4.74 Å². The van der Waals surface area contributed by atoms with Crippen molar-refractivity contribution in [2.45, 2.75) is 6.92 Å². The van der Waals surface area contributed by atoms with Crippen molar-refractivity contribution >= 4 is 16.9 Å². The van der Waals surface area contributed by atoms with Crippen LogP contribution < -0.4 is 0 Å². The largest absolute Gasteiger partial charge is 0.457 e. The molecular formula is C14H13NO2. The van der Waals surface area contributed by atoms with Crippen LogP contribution in [0.15, 0.2) is 43.0 Å². The van der Waals surface area contributed by atoms with Crippen LogP contribution in [0.5, 0.6) is 0 Å². The molecule has 0 saturated carbocycles. The number of esters is 1. The molecule has 0 aliphatic carbocycles. The van der Waals surface area contributed by atoms with Crippen molar-refractivity contribution in [3.63, 3.8) is 0 Å². The Kier molecular flexibility index (Phi) is 3.19. The van der Waals surface area contributed by atoms with Crippen molar-refractivity contribution in [3.05, 3.63) is 54.2 Å². The molecule has 0 aliphatic heterocycles. The molecule has 0 radical (unpaired) electrons. The molecule has 1 aromatic heterocycles. The van der Waals surface area contributed by atoms with E-state index in [9.17, 15) is 4.79 Å². The third-order valence-corrected chi connectivity index (χ3v) is 2.44. The van der Waals surface area contributed by atoms with Crippen LogP contribution in [0.25, 0.3) is 10.9 Å². The van der Waals surface area contributed by atoms with Crippen LogP contribution in [0.3, 0.4) is 0 Å². The number of aryl methyl sites for hydroxylation is 1. The van der Waals surface area contributed by atoms with Gasteiger partial charge in [-0.1, -0.05) is 30.9 Å². The van der Waals surface area contributed by atoms with Gasteiger partial charge in [0.25, 0.3) is 0 Å². The number of benzene rings is 1. The molecule has 0 saturated heterocycles. The molecule has 0 N–H and O–H groups in total. The first-order valence-electron chi connectivity index (χ1n) is 5.37. The van der Waals surface area contributed by atoms with Crippen LogP contribution in [-0.4, -0.2) is 17.6 Å². The van der Waals surface area contributed by atoms with E-state index in [4.69, 9.17) is 4.74 Å². The number of aromatic nitrogens is 1. The molecule has 0 amide bonds. The van der Waals surface area contributed by atoms with Gasteiger partial charge in [0.05, 0.1) is 5.52 Å². The van der Waals surface area contributed by atoms with Gasteiger partial charge in [0.1, 0.15) is 6.61 Å². The minimum Gasteiger partial charge on any atom is -0.457 e. The summed E-state index contributed by atoms with van der Waals surface area (Å²) in [4.78, 5) is 16.1. The molecule has 1 heterocycles. The molecule has 0 spiro atoms. The fourth-order valence-electron chi connectivity index (χ4n) is 1.63. The lowest BCUT2D eigenvalue weighted by molar-refractivity contribution is 0.0542. The predicted molar refractivity (Wildman–Crippen MR) is 67.0 cm³/mol. The Morgan fingerprint density at radius 2 is 2.24 bits per heavy atom. The maximum absolute atomic E-state index is 11.7.